The molecule has 0 spiro atoms. The van der Waals surface area contributed by atoms with Crippen molar-refractivity contribution in [1.82, 2.24) is 0 Å². The number of nitrogens with zero attached hydrogens (tertiary/aromatic N) is 1. The van der Waals surface area contributed by atoms with E-state index in [2.05, 4.69) is 5.32 Å². The van der Waals surface area contributed by atoms with Crippen LogP contribution in [0, 0.1) is 10.1 Å². The number of nitrogens with one attached hydrogen (secondary N) is 1. The van der Waals surface area contributed by atoms with Crippen molar-refractivity contribution >= 4 is 28.7 Å². The van der Waals surface area contributed by atoms with Crippen LogP contribution in [0.15, 0.2) is 48.5 Å². The molecule has 0 aromatic heterocycles. The van der Waals surface area contributed by atoms with Gasteiger partial charge in [0.1, 0.15) is 5.69 Å². The van der Waals surface area contributed by atoms with Gasteiger partial charge in [-0.25, -0.2) is 0 Å². The smallest absolute Gasteiger partial charge is 0.292 e. The van der Waals surface area contributed by atoms with Crippen molar-refractivity contribution in [2.45, 2.75) is 0 Å². The maximum Gasteiger partial charge on any atom is 0.292 e. The minimum Gasteiger partial charge on any atom is -0.350 e. The summed E-state index contributed by atoms with van der Waals surface area (Å²) >= 11 is 5.83. The summed E-state index contributed by atoms with van der Waals surface area (Å²) in [6.07, 6.45) is 0. The second kappa shape index (κ2) is 4.84. The van der Waals surface area contributed by atoms with Crippen LogP contribution in [0.2, 0.25) is 5.02 Å². The molecule has 0 bridgehead atoms. The van der Waals surface area contributed by atoms with Gasteiger partial charge in [0.25, 0.3) is 5.69 Å². The highest BCUT2D eigenvalue weighted by atomic mass is 35.5. The zero-order valence-electron chi connectivity index (χ0n) is 8.76. The van der Waals surface area contributed by atoms with Crippen molar-refractivity contribution in [2.75, 3.05) is 5.32 Å². The van der Waals surface area contributed by atoms with Gasteiger partial charge in [0.15, 0.2) is 0 Å². The molecule has 0 amide bonds. The first kappa shape index (κ1) is 11.4. The topological polar surface area (TPSA) is 55.2 Å². The number of rotatable bonds is 3. The van der Waals surface area contributed by atoms with E-state index in [9.17, 15) is 10.1 Å². The van der Waals surface area contributed by atoms with E-state index in [4.69, 9.17) is 11.6 Å². The maximum atomic E-state index is 10.8. The summed E-state index contributed by atoms with van der Waals surface area (Å²) in [5.74, 6) is 0. The minimum absolute atomic E-state index is 0.00162. The van der Waals surface area contributed by atoms with Crippen molar-refractivity contribution < 1.29 is 4.92 Å². The predicted molar refractivity (Wildman–Crippen MR) is 67.8 cm³/mol. The SMILES string of the molecule is O=[N+]([O-])c1ccc(Cl)cc1Nc1ccccc1. The van der Waals surface area contributed by atoms with E-state index in [1.54, 1.807) is 0 Å². The molecule has 1 N–H and O–H groups in total. The number of anilines is 2. The second-order valence-corrected chi connectivity index (χ2v) is 3.85. The van der Waals surface area contributed by atoms with Gasteiger partial charge in [-0.2, -0.15) is 0 Å². The number of nitro benzene ring substituents is 1. The fraction of sp³-hybridized carbons (Fsp3) is 0. The summed E-state index contributed by atoms with van der Waals surface area (Å²) in [4.78, 5) is 10.4. The molecule has 0 saturated carbocycles. The fourth-order valence-electron chi connectivity index (χ4n) is 1.44. The summed E-state index contributed by atoms with van der Waals surface area (Å²) < 4.78 is 0. The predicted octanol–water partition coefficient (Wildman–Crippen LogP) is 3.99. The molecule has 0 unspecified atom stereocenters. The van der Waals surface area contributed by atoms with Gasteiger partial charge in [0, 0.05) is 16.8 Å². The standard InChI is InChI=1S/C12H9ClN2O2/c13-9-6-7-12(15(16)17)11(8-9)14-10-4-2-1-3-5-10/h1-8,14H. The van der Waals surface area contributed by atoms with Gasteiger partial charge in [-0.3, -0.25) is 10.1 Å². The van der Waals surface area contributed by atoms with Crippen LogP contribution in [-0.2, 0) is 0 Å². The molecule has 2 aromatic carbocycles. The largest absolute Gasteiger partial charge is 0.350 e. The molecular weight excluding hydrogens is 240 g/mol. The first-order valence-electron chi connectivity index (χ1n) is 4.93. The van der Waals surface area contributed by atoms with Crippen LogP contribution in [-0.4, -0.2) is 4.92 Å². The highest BCUT2D eigenvalue weighted by molar-refractivity contribution is 6.31. The monoisotopic (exact) mass is 248 g/mol. The van der Waals surface area contributed by atoms with Gasteiger partial charge in [0.2, 0.25) is 0 Å². The van der Waals surface area contributed by atoms with E-state index in [1.807, 2.05) is 30.3 Å². The zero-order valence-corrected chi connectivity index (χ0v) is 9.52. The molecule has 2 aromatic rings. The number of hydrogen-bond donors (Lipinski definition) is 1. The van der Waals surface area contributed by atoms with Gasteiger partial charge in [-0.05, 0) is 24.3 Å². The maximum absolute atomic E-state index is 10.8. The Labute approximate surface area is 103 Å². The highest BCUT2D eigenvalue weighted by Crippen LogP contribution is 2.30. The quantitative estimate of drug-likeness (QED) is 0.660. The Kier molecular flexibility index (Phi) is 3.25. The Morgan fingerprint density at radius 1 is 1.12 bits per heavy atom. The summed E-state index contributed by atoms with van der Waals surface area (Å²) in [6.45, 7) is 0. The lowest BCUT2D eigenvalue weighted by molar-refractivity contribution is -0.383. The van der Waals surface area contributed by atoms with Crippen LogP contribution in [0.1, 0.15) is 0 Å². The lowest BCUT2D eigenvalue weighted by Crippen LogP contribution is -1.96. The van der Waals surface area contributed by atoms with Crippen LogP contribution in [0.25, 0.3) is 0 Å². The molecule has 0 heterocycles. The van der Waals surface area contributed by atoms with E-state index in [0.29, 0.717) is 10.7 Å². The summed E-state index contributed by atoms with van der Waals surface area (Å²) in [5.41, 5.74) is 1.16. The summed E-state index contributed by atoms with van der Waals surface area (Å²) in [7, 11) is 0. The van der Waals surface area contributed by atoms with E-state index in [0.717, 1.165) is 5.69 Å². The molecule has 0 aliphatic rings. The van der Waals surface area contributed by atoms with E-state index in [-0.39, 0.29) is 5.69 Å². The average Bonchev–Trinajstić information content (AvgIpc) is 2.30. The third-order valence-corrected chi connectivity index (χ3v) is 2.44. The normalized spacial score (nSPS) is 9.94. The number of hydrogen-bond acceptors (Lipinski definition) is 3. The van der Waals surface area contributed by atoms with Crippen molar-refractivity contribution in [1.29, 1.82) is 0 Å². The van der Waals surface area contributed by atoms with E-state index >= 15 is 0 Å². The molecule has 0 aliphatic carbocycles. The molecule has 86 valence electrons. The van der Waals surface area contributed by atoms with Crippen LogP contribution in [0.4, 0.5) is 17.1 Å². The van der Waals surface area contributed by atoms with Gasteiger partial charge < -0.3 is 5.32 Å². The highest BCUT2D eigenvalue weighted by Gasteiger charge is 2.13. The molecule has 17 heavy (non-hydrogen) atoms. The van der Waals surface area contributed by atoms with Crippen LogP contribution in [0.3, 0.4) is 0 Å². The van der Waals surface area contributed by atoms with Gasteiger partial charge in [-0.15, -0.1) is 0 Å². The number of halogens is 1. The minimum atomic E-state index is -0.443. The molecule has 4 nitrogen and oxygen atoms in total. The number of nitro groups is 1. The molecule has 2 rings (SSSR count). The van der Waals surface area contributed by atoms with Crippen molar-refractivity contribution in [3.8, 4) is 0 Å². The van der Waals surface area contributed by atoms with Crippen molar-refractivity contribution in [2.24, 2.45) is 0 Å². The summed E-state index contributed by atoms with van der Waals surface area (Å²) in [5, 5.41) is 14.3. The fourth-order valence-corrected chi connectivity index (χ4v) is 1.62. The lowest BCUT2D eigenvalue weighted by atomic mass is 10.2. The lowest BCUT2D eigenvalue weighted by Gasteiger charge is -2.07. The molecule has 0 radical (unpaired) electrons. The van der Waals surface area contributed by atoms with Crippen LogP contribution in [0.5, 0.6) is 0 Å². The first-order chi connectivity index (χ1) is 8.16. The Morgan fingerprint density at radius 2 is 1.82 bits per heavy atom. The second-order valence-electron chi connectivity index (χ2n) is 3.41. The zero-order chi connectivity index (χ0) is 12.3. The molecule has 0 atom stereocenters. The van der Waals surface area contributed by atoms with E-state index in [1.165, 1.54) is 18.2 Å². The van der Waals surface area contributed by atoms with Gasteiger partial charge in [-0.1, -0.05) is 29.8 Å². The third kappa shape index (κ3) is 2.73. The Bertz CT molecular complexity index is 543. The van der Waals surface area contributed by atoms with E-state index < -0.39 is 4.92 Å². The average molecular weight is 249 g/mol. The number of para-hydroxylation sites is 1. The number of benzene rings is 2. The molecule has 0 saturated heterocycles. The molecular formula is C12H9ClN2O2. The third-order valence-electron chi connectivity index (χ3n) is 2.21. The van der Waals surface area contributed by atoms with Crippen LogP contribution < -0.4 is 5.32 Å². The van der Waals surface area contributed by atoms with Crippen molar-refractivity contribution in [3.05, 3.63) is 63.7 Å². The Hall–Kier alpha value is -2.07. The first-order valence-corrected chi connectivity index (χ1v) is 5.30. The summed E-state index contributed by atoms with van der Waals surface area (Å²) in [6, 6.07) is 13.6. The molecule has 0 aliphatic heterocycles. The van der Waals surface area contributed by atoms with Gasteiger partial charge >= 0.3 is 0 Å². The Morgan fingerprint density at radius 3 is 2.47 bits per heavy atom. The molecule has 0 fully saturated rings. The van der Waals surface area contributed by atoms with Crippen LogP contribution >= 0.6 is 11.6 Å². The van der Waals surface area contributed by atoms with Gasteiger partial charge in [0.05, 0.1) is 4.92 Å². The Balaban J connectivity index is 2.37. The van der Waals surface area contributed by atoms with Crippen molar-refractivity contribution in [3.63, 3.8) is 0 Å². The molecule has 5 heteroatoms.